The van der Waals surface area contributed by atoms with Crippen LogP contribution in [-0.2, 0) is 0 Å². The Labute approximate surface area is 60.3 Å². The Morgan fingerprint density at radius 2 is 1.80 bits per heavy atom. The SMILES string of the molecule is OC1(O)CC2CCN1CC2. The summed E-state index contributed by atoms with van der Waals surface area (Å²) in [6.07, 6.45) is 2.83. The summed E-state index contributed by atoms with van der Waals surface area (Å²) < 4.78 is 0. The minimum atomic E-state index is -1.47. The zero-order valence-corrected chi connectivity index (χ0v) is 5.95. The molecule has 3 heterocycles. The van der Waals surface area contributed by atoms with Gasteiger partial charge in [-0.3, -0.25) is 4.90 Å². The van der Waals surface area contributed by atoms with Crippen molar-refractivity contribution in [2.24, 2.45) is 5.92 Å². The van der Waals surface area contributed by atoms with Gasteiger partial charge in [0.15, 0.2) is 0 Å². The van der Waals surface area contributed by atoms with Gasteiger partial charge < -0.3 is 10.2 Å². The van der Waals surface area contributed by atoms with Gasteiger partial charge >= 0.3 is 0 Å². The van der Waals surface area contributed by atoms with Crippen molar-refractivity contribution >= 4 is 0 Å². The van der Waals surface area contributed by atoms with Gasteiger partial charge in [-0.15, -0.1) is 0 Å². The number of rotatable bonds is 0. The molecule has 3 rings (SSSR count). The summed E-state index contributed by atoms with van der Waals surface area (Å²) >= 11 is 0. The molecule has 0 aromatic heterocycles. The topological polar surface area (TPSA) is 43.7 Å². The van der Waals surface area contributed by atoms with Crippen LogP contribution in [0.3, 0.4) is 0 Å². The van der Waals surface area contributed by atoms with Gasteiger partial charge in [0, 0.05) is 19.5 Å². The summed E-state index contributed by atoms with van der Waals surface area (Å²) in [5.41, 5.74) is 0. The highest BCUT2D eigenvalue weighted by Gasteiger charge is 2.42. The van der Waals surface area contributed by atoms with Gasteiger partial charge in [0.25, 0.3) is 0 Å². The average molecular weight is 143 g/mol. The molecule has 0 aromatic carbocycles. The first kappa shape index (κ1) is 6.58. The van der Waals surface area contributed by atoms with Crippen LogP contribution in [0.5, 0.6) is 0 Å². The average Bonchev–Trinajstić information content (AvgIpc) is 1.87. The van der Waals surface area contributed by atoms with E-state index < -0.39 is 5.91 Å². The van der Waals surface area contributed by atoms with E-state index in [1.807, 2.05) is 0 Å². The Morgan fingerprint density at radius 1 is 1.20 bits per heavy atom. The monoisotopic (exact) mass is 143 g/mol. The Kier molecular flexibility index (Phi) is 1.27. The number of piperidine rings is 3. The number of aliphatic hydroxyl groups is 2. The van der Waals surface area contributed by atoms with Gasteiger partial charge in [0.05, 0.1) is 0 Å². The predicted octanol–water partition coefficient (Wildman–Crippen LogP) is -0.260. The van der Waals surface area contributed by atoms with E-state index in [9.17, 15) is 10.2 Å². The lowest BCUT2D eigenvalue weighted by Gasteiger charge is -2.47. The number of nitrogens with zero attached hydrogens (tertiary/aromatic N) is 1. The molecule has 2 bridgehead atoms. The van der Waals surface area contributed by atoms with Crippen molar-refractivity contribution in [3.05, 3.63) is 0 Å². The largest absolute Gasteiger partial charge is 0.353 e. The lowest BCUT2D eigenvalue weighted by Crippen LogP contribution is -2.58. The van der Waals surface area contributed by atoms with E-state index in [1.165, 1.54) is 0 Å². The highest BCUT2D eigenvalue weighted by atomic mass is 16.5. The van der Waals surface area contributed by atoms with Gasteiger partial charge in [-0.1, -0.05) is 0 Å². The van der Waals surface area contributed by atoms with Crippen molar-refractivity contribution in [2.45, 2.75) is 25.2 Å². The van der Waals surface area contributed by atoms with Crippen molar-refractivity contribution in [1.29, 1.82) is 0 Å². The summed E-state index contributed by atoms with van der Waals surface area (Å²) in [6, 6.07) is 0. The molecule has 0 amide bonds. The summed E-state index contributed by atoms with van der Waals surface area (Å²) in [5, 5.41) is 18.7. The summed E-state index contributed by atoms with van der Waals surface area (Å²) in [6.45, 7) is 1.72. The number of hydrogen-bond donors (Lipinski definition) is 2. The zero-order chi connectivity index (χ0) is 7.19. The minimum Gasteiger partial charge on any atom is -0.353 e. The zero-order valence-electron chi connectivity index (χ0n) is 5.95. The highest BCUT2D eigenvalue weighted by molar-refractivity contribution is 4.86. The quantitative estimate of drug-likeness (QED) is 0.459. The molecule has 3 nitrogen and oxygen atoms in total. The smallest absolute Gasteiger partial charge is 0.225 e. The molecule has 3 aliphatic heterocycles. The van der Waals surface area contributed by atoms with Crippen LogP contribution in [0.25, 0.3) is 0 Å². The van der Waals surface area contributed by atoms with Crippen LogP contribution in [0.15, 0.2) is 0 Å². The lowest BCUT2D eigenvalue weighted by atomic mass is 9.86. The molecule has 0 saturated carbocycles. The third-order valence-corrected chi connectivity index (χ3v) is 2.68. The third kappa shape index (κ3) is 0.856. The van der Waals surface area contributed by atoms with Gasteiger partial charge in [0.2, 0.25) is 5.91 Å². The first-order chi connectivity index (χ1) is 4.68. The maximum absolute atomic E-state index is 9.35. The first-order valence-electron chi connectivity index (χ1n) is 3.88. The number of fused-ring (bicyclic) bond motifs is 3. The van der Waals surface area contributed by atoms with Crippen LogP contribution in [0, 0.1) is 5.92 Å². The molecule has 0 unspecified atom stereocenters. The third-order valence-electron chi connectivity index (χ3n) is 2.68. The summed E-state index contributed by atoms with van der Waals surface area (Å²) in [4.78, 5) is 1.76. The summed E-state index contributed by atoms with van der Waals surface area (Å²) in [7, 11) is 0. The van der Waals surface area contributed by atoms with Crippen molar-refractivity contribution in [2.75, 3.05) is 13.1 Å². The molecule has 3 fully saturated rings. The Balaban J connectivity index is 2.15. The molecule has 0 atom stereocenters. The predicted molar refractivity (Wildman–Crippen MR) is 36.1 cm³/mol. The van der Waals surface area contributed by atoms with Crippen LogP contribution in [0.4, 0.5) is 0 Å². The normalized spacial score (nSPS) is 43.8. The van der Waals surface area contributed by atoms with Crippen molar-refractivity contribution in [1.82, 2.24) is 4.90 Å². The second kappa shape index (κ2) is 1.94. The van der Waals surface area contributed by atoms with E-state index in [0.29, 0.717) is 12.3 Å². The molecule has 0 aromatic rings. The molecule has 3 saturated heterocycles. The molecule has 0 aliphatic carbocycles. The van der Waals surface area contributed by atoms with Gasteiger partial charge in [-0.2, -0.15) is 0 Å². The second-order valence-electron chi connectivity index (χ2n) is 3.41. The van der Waals surface area contributed by atoms with E-state index >= 15 is 0 Å². The van der Waals surface area contributed by atoms with E-state index in [-0.39, 0.29) is 0 Å². The minimum absolute atomic E-state index is 0.549. The Bertz CT molecular complexity index is 139. The fourth-order valence-electron chi connectivity index (χ4n) is 2.01. The van der Waals surface area contributed by atoms with Gasteiger partial charge in [0.1, 0.15) is 0 Å². The van der Waals surface area contributed by atoms with E-state index in [2.05, 4.69) is 0 Å². The molecular formula is C7H13NO2. The van der Waals surface area contributed by atoms with Crippen LogP contribution >= 0.6 is 0 Å². The summed E-state index contributed by atoms with van der Waals surface area (Å²) in [5.74, 6) is -0.916. The van der Waals surface area contributed by atoms with Crippen molar-refractivity contribution in [3.63, 3.8) is 0 Å². The maximum atomic E-state index is 9.35. The van der Waals surface area contributed by atoms with Crippen molar-refractivity contribution < 1.29 is 10.2 Å². The second-order valence-corrected chi connectivity index (χ2v) is 3.41. The molecule has 58 valence electrons. The fourth-order valence-corrected chi connectivity index (χ4v) is 2.01. The maximum Gasteiger partial charge on any atom is 0.225 e. The van der Waals surface area contributed by atoms with Gasteiger partial charge in [-0.05, 0) is 18.8 Å². The highest BCUT2D eigenvalue weighted by Crippen LogP contribution is 2.35. The fraction of sp³-hybridized carbons (Fsp3) is 1.00. The van der Waals surface area contributed by atoms with Crippen LogP contribution in [0.1, 0.15) is 19.3 Å². The Morgan fingerprint density at radius 3 is 2.00 bits per heavy atom. The van der Waals surface area contributed by atoms with E-state index in [1.54, 1.807) is 4.90 Å². The molecular weight excluding hydrogens is 130 g/mol. The molecule has 3 aliphatic rings. The molecule has 3 heteroatoms. The van der Waals surface area contributed by atoms with Crippen LogP contribution in [-0.4, -0.2) is 34.1 Å². The van der Waals surface area contributed by atoms with E-state index in [0.717, 1.165) is 25.9 Å². The first-order valence-corrected chi connectivity index (χ1v) is 3.88. The van der Waals surface area contributed by atoms with Crippen LogP contribution in [0.2, 0.25) is 0 Å². The standard InChI is InChI=1S/C7H13NO2/c9-7(10)5-6-1-3-8(7)4-2-6/h6,9-10H,1-5H2. The molecule has 0 spiro atoms. The van der Waals surface area contributed by atoms with Gasteiger partial charge in [-0.25, -0.2) is 0 Å². The van der Waals surface area contributed by atoms with E-state index in [4.69, 9.17) is 0 Å². The van der Waals surface area contributed by atoms with Crippen molar-refractivity contribution in [3.8, 4) is 0 Å². The molecule has 0 radical (unpaired) electrons. The molecule has 10 heavy (non-hydrogen) atoms. The number of hydrogen-bond acceptors (Lipinski definition) is 3. The lowest BCUT2D eigenvalue weighted by molar-refractivity contribution is -0.303. The molecule has 2 N–H and O–H groups in total. The Hall–Kier alpha value is -0.120. The van der Waals surface area contributed by atoms with Crippen LogP contribution < -0.4 is 0 Å².